The first-order valence-electron chi connectivity index (χ1n) is 10.7. The van der Waals surface area contributed by atoms with Crippen LogP contribution in [-0.4, -0.2) is 37.6 Å². The van der Waals surface area contributed by atoms with E-state index in [1.165, 1.54) is 6.07 Å². The second-order valence-corrected chi connectivity index (χ2v) is 8.17. The van der Waals surface area contributed by atoms with Gasteiger partial charge in [-0.3, -0.25) is 14.5 Å². The number of hydrogen-bond acceptors (Lipinski definition) is 5. The highest BCUT2D eigenvalue weighted by atomic mass is 35.5. The fourth-order valence-corrected chi connectivity index (χ4v) is 4.39. The minimum absolute atomic E-state index is 0. The van der Waals surface area contributed by atoms with Gasteiger partial charge in [-0.25, -0.2) is 0 Å². The number of benzene rings is 2. The number of fused-ring (bicyclic) bond motifs is 1. The molecule has 3 aromatic rings. The SMILES string of the molecule is COc1ccc(C(CNC(=O)c2cc(=O)c3c(C)cc(C)cc3o2)N2CCCC2)cc1.Cl. The van der Waals surface area contributed by atoms with Crippen LogP contribution in [0, 0.1) is 13.8 Å². The lowest BCUT2D eigenvalue weighted by molar-refractivity contribution is 0.0910. The van der Waals surface area contributed by atoms with Gasteiger partial charge in [0, 0.05) is 12.6 Å². The average Bonchev–Trinajstić information content (AvgIpc) is 3.28. The zero-order chi connectivity index (χ0) is 22.0. The third-order valence-corrected chi connectivity index (χ3v) is 5.93. The van der Waals surface area contributed by atoms with Crippen LogP contribution in [0.2, 0.25) is 0 Å². The maximum atomic E-state index is 12.9. The zero-order valence-electron chi connectivity index (χ0n) is 18.6. The van der Waals surface area contributed by atoms with E-state index in [9.17, 15) is 9.59 Å². The maximum Gasteiger partial charge on any atom is 0.287 e. The number of nitrogens with zero attached hydrogens (tertiary/aromatic N) is 1. The molecule has 0 saturated carbocycles. The molecule has 1 aliphatic heterocycles. The molecule has 1 atom stereocenters. The molecule has 2 aromatic carbocycles. The molecular weight excluding hydrogens is 428 g/mol. The van der Waals surface area contributed by atoms with Gasteiger partial charge in [-0.05, 0) is 74.7 Å². The molecule has 1 aromatic heterocycles. The molecule has 0 spiro atoms. The Bertz CT molecular complexity index is 1150. The molecule has 1 N–H and O–H groups in total. The summed E-state index contributed by atoms with van der Waals surface area (Å²) in [5.41, 5.74) is 3.20. The molecular formula is C25H29ClN2O4. The van der Waals surface area contributed by atoms with E-state index in [2.05, 4.69) is 10.2 Å². The summed E-state index contributed by atoms with van der Waals surface area (Å²) < 4.78 is 11.1. The monoisotopic (exact) mass is 456 g/mol. The van der Waals surface area contributed by atoms with Crippen LogP contribution in [0.1, 0.15) is 46.1 Å². The summed E-state index contributed by atoms with van der Waals surface area (Å²) in [6.07, 6.45) is 2.30. The first-order valence-corrected chi connectivity index (χ1v) is 10.7. The van der Waals surface area contributed by atoms with Crippen molar-refractivity contribution in [1.82, 2.24) is 10.2 Å². The van der Waals surface area contributed by atoms with Crippen LogP contribution in [-0.2, 0) is 0 Å². The predicted molar refractivity (Wildman–Crippen MR) is 128 cm³/mol. The number of amides is 1. The van der Waals surface area contributed by atoms with Gasteiger partial charge in [0.05, 0.1) is 18.5 Å². The predicted octanol–water partition coefficient (Wildman–Crippen LogP) is 4.41. The van der Waals surface area contributed by atoms with Crippen molar-refractivity contribution in [2.24, 2.45) is 0 Å². The molecule has 0 radical (unpaired) electrons. The van der Waals surface area contributed by atoms with E-state index in [4.69, 9.17) is 9.15 Å². The van der Waals surface area contributed by atoms with Crippen molar-refractivity contribution in [3.63, 3.8) is 0 Å². The summed E-state index contributed by atoms with van der Waals surface area (Å²) in [5.74, 6) is 0.463. The van der Waals surface area contributed by atoms with Gasteiger partial charge in [0.15, 0.2) is 11.2 Å². The van der Waals surface area contributed by atoms with Gasteiger partial charge in [-0.1, -0.05) is 18.2 Å². The number of likely N-dealkylation sites (tertiary alicyclic amines) is 1. The molecule has 1 amide bonds. The van der Waals surface area contributed by atoms with Crippen LogP contribution < -0.4 is 15.5 Å². The molecule has 6 nitrogen and oxygen atoms in total. The number of rotatable bonds is 6. The van der Waals surface area contributed by atoms with Crippen LogP contribution in [0.3, 0.4) is 0 Å². The van der Waals surface area contributed by atoms with Crippen molar-refractivity contribution in [3.05, 3.63) is 75.1 Å². The summed E-state index contributed by atoms with van der Waals surface area (Å²) in [5, 5.41) is 3.50. The first-order chi connectivity index (χ1) is 15.0. The summed E-state index contributed by atoms with van der Waals surface area (Å²) in [6, 6.07) is 13.0. The Hall–Kier alpha value is -2.83. The van der Waals surface area contributed by atoms with Crippen LogP contribution in [0.15, 0.2) is 51.7 Å². The van der Waals surface area contributed by atoms with Gasteiger partial charge in [0.1, 0.15) is 11.3 Å². The summed E-state index contributed by atoms with van der Waals surface area (Å²) in [4.78, 5) is 27.9. The molecule has 1 saturated heterocycles. The first kappa shape index (κ1) is 23.8. The van der Waals surface area contributed by atoms with E-state index >= 15 is 0 Å². The van der Waals surface area contributed by atoms with Crippen molar-refractivity contribution >= 4 is 29.3 Å². The number of hydrogen-bond donors (Lipinski definition) is 1. The summed E-state index contributed by atoms with van der Waals surface area (Å²) in [7, 11) is 1.65. The van der Waals surface area contributed by atoms with Crippen molar-refractivity contribution < 1.29 is 13.9 Å². The normalized spacial score (nSPS) is 14.7. The van der Waals surface area contributed by atoms with Gasteiger partial charge < -0.3 is 14.5 Å². The van der Waals surface area contributed by atoms with Crippen LogP contribution in [0.5, 0.6) is 5.75 Å². The summed E-state index contributed by atoms with van der Waals surface area (Å²) >= 11 is 0. The van der Waals surface area contributed by atoms with Crippen LogP contribution >= 0.6 is 12.4 Å². The molecule has 7 heteroatoms. The smallest absolute Gasteiger partial charge is 0.287 e. The minimum Gasteiger partial charge on any atom is -0.497 e. The largest absolute Gasteiger partial charge is 0.497 e. The molecule has 1 unspecified atom stereocenters. The lowest BCUT2D eigenvalue weighted by Gasteiger charge is -2.28. The Kier molecular flexibility index (Phi) is 7.59. The Balaban J connectivity index is 0.00000289. The lowest BCUT2D eigenvalue weighted by atomic mass is 10.0. The Labute approximate surface area is 194 Å². The molecule has 1 aliphatic rings. The van der Waals surface area contributed by atoms with E-state index in [1.807, 2.05) is 44.2 Å². The fourth-order valence-electron chi connectivity index (χ4n) is 4.39. The van der Waals surface area contributed by atoms with Crippen molar-refractivity contribution in [1.29, 1.82) is 0 Å². The molecule has 1 fully saturated rings. The summed E-state index contributed by atoms with van der Waals surface area (Å²) in [6.45, 7) is 6.24. The Morgan fingerprint density at radius 2 is 1.81 bits per heavy atom. The molecule has 0 aliphatic carbocycles. The second-order valence-electron chi connectivity index (χ2n) is 8.17. The third-order valence-electron chi connectivity index (χ3n) is 5.93. The Morgan fingerprint density at radius 1 is 1.12 bits per heavy atom. The molecule has 4 rings (SSSR count). The number of aryl methyl sites for hydroxylation is 2. The average molecular weight is 457 g/mol. The quantitative estimate of drug-likeness (QED) is 0.595. The van der Waals surface area contributed by atoms with E-state index in [0.29, 0.717) is 17.5 Å². The van der Waals surface area contributed by atoms with Crippen molar-refractivity contribution in [2.45, 2.75) is 32.7 Å². The standard InChI is InChI=1S/C25H28N2O4.ClH/c1-16-12-17(2)24-21(28)14-23(31-22(24)13-16)25(29)26-15-20(27-10-4-5-11-27)18-6-8-19(30-3)9-7-18;/h6-9,12-14,20H,4-5,10-11,15H2,1-3H3,(H,26,29);1H. The minimum atomic E-state index is -0.379. The number of carbonyl (C=O) groups excluding carboxylic acids is 1. The van der Waals surface area contributed by atoms with Gasteiger partial charge in [0.25, 0.3) is 5.91 Å². The molecule has 32 heavy (non-hydrogen) atoms. The molecule has 170 valence electrons. The van der Waals surface area contributed by atoms with Gasteiger partial charge in [-0.2, -0.15) is 0 Å². The van der Waals surface area contributed by atoms with Crippen molar-refractivity contribution in [3.8, 4) is 5.75 Å². The second kappa shape index (κ2) is 10.2. The van der Waals surface area contributed by atoms with Crippen molar-refractivity contribution in [2.75, 3.05) is 26.7 Å². The van der Waals surface area contributed by atoms with Gasteiger partial charge >= 0.3 is 0 Å². The van der Waals surface area contributed by atoms with E-state index in [-0.39, 0.29) is 35.5 Å². The highest BCUT2D eigenvalue weighted by Crippen LogP contribution is 2.26. The number of halogens is 1. The maximum absolute atomic E-state index is 12.9. The third kappa shape index (κ3) is 4.97. The van der Waals surface area contributed by atoms with Crippen LogP contribution in [0.25, 0.3) is 11.0 Å². The number of carbonyl (C=O) groups is 1. The van der Waals surface area contributed by atoms with Crippen LogP contribution in [0.4, 0.5) is 0 Å². The molecule has 0 bridgehead atoms. The van der Waals surface area contributed by atoms with E-state index in [1.54, 1.807) is 13.2 Å². The fraction of sp³-hybridized carbons (Fsp3) is 0.360. The highest BCUT2D eigenvalue weighted by Gasteiger charge is 2.25. The topological polar surface area (TPSA) is 71.8 Å². The zero-order valence-corrected chi connectivity index (χ0v) is 19.5. The molecule has 2 heterocycles. The highest BCUT2D eigenvalue weighted by molar-refractivity contribution is 5.93. The van der Waals surface area contributed by atoms with E-state index < -0.39 is 0 Å². The Morgan fingerprint density at radius 3 is 2.47 bits per heavy atom. The lowest BCUT2D eigenvalue weighted by Crippen LogP contribution is -2.37. The number of ether oxygens (including phenoxy) is 1. The number of methoxy groups -OCH3 is 1. The van der Waals surface area contributed by atoms with E-state index in [0.717, 1.165) is 48.4 Å². The number of nitrogens with one attached hydrogen (secondary N) is 1. The van der Waals surface area contributed by atoms with Gasteiger partial charge in [-0.15, -0.1) is 12.4 Å². The van der Waals surface area contributed by atoms with Gasteiger partial charge in [0.2, 0.25) is 0 Å².